The van der Waals surface area contributed by atoms with Crippen molar-refractivity contribution in [2.45, 2.75) is 25.8 Å². The summed E-state index contributed by atoms with van der Waals surface area (Å²) in [4.78, 5) is 15.6. The summed E-state index contributed by atoms with van der Waals surface area (Å²) >= 11 is 0. The Labute approximate surface area is 212 Å². The maximum atomic E-state index is 13.1. The van der Waals surface area contributed by atoms with Crippen LogP contribution in [-0.4, -0.2) is 52.3 Å². The molecule has 1 heterocycles. The molecule has 4 rings (SSSR count). The van der Waals surface area contributed by atoms with Crippen molar-refractivity contribution in [2.24, 2.45) is 0 Å². The molecule has 3 aromatic carbocycles. The molecule has 0 unspecified atom stereocenters. The number of fused-ring (bicyclic) bond motifs is 1. The highest BCUT2D eigenvalue weighted by Crippen LogP contribution is 2.38. The van der Waals surface area contributed by atoms with Crippen LogP contribution in [-0.2, 0) is 19.4 Å². The topological polar surface area (TPSA) is 69.3 Å². The summed E-state index contributed by atoms with van der Waals surface area (Å²) in [6.07, 6.45) is 2.93. The quantitative estimate of drug-likeness (QED) is 0.433. The summed E-state index contributed by atoms with van der Waals surface area (Å²) in [7, 11) is 6.33. The van der Waals surface area contributed by atoms with Gasteiger partial charge in [-0.1, -0.05) is 30.3 Å². The number of aryl methyl sites for hydroxylation is 1. The zero-order valence-corrected chi connectivity index (χ0v) is 21.4. The molecule has 0 atom stereocenters. The minimum Gasteiger partial charge on any atom is -0.496 e. The molecule has 36 heavy (non-hydrogen) atoms. The standard InChI is InChI=1S/C29H34N2O5/c1-33-25-13-6-5-9-20(25)11-8-15-31-16-14-23-21(19-31)10-7-12-24(23)30-29(32)22-17-26(34-2)28(36-4)27(18-22)35-3/h5-7,9-10,12-13,17-18H,8,11,14-16,19H2,1-4H3,(H,30,32). The van der Waals surface area contributed by atoms with Gasteiger partial charge in [-0.15, -0.1) is 0 Å². The Morgan fingerprint density at radius 1 is 0.889 bits per heavy atom. The van der Waals surface area contributed by atoms with Crippen molar-refractivity contribution in [3.63, 3.8) is 0 Å². The van der Waals surface area contributed by atoms with Gasteiger partial charge in [-0.3, -0.25) is 9.69 Å². The van der Waals surface area contributed by atoms with Crippen LogP contribution in [0.25, 0.3) is 0 Å². The molecule has 1 aliphatic rings. The number of carbonyl (C=O) groups excluding carboxylic acids is 1. The van der Waals surface area contributed by atoms with Gasteiger partial charge in [0.2, 0.25) is 5.75 Å². The SMILES string of the molecule is COc1ccccc1CCCN1CCc2c(cccc2NC(=O)c2cc(OC)c(OC)c(OC)c2)C1. The highest BCUT2D eigenvalue weighted by molar-refractivity contribution is 6.05. The van der Waals surface area contributed by atoms with E-state index in [4.69, 9.17) is 18.9 Å². The van der Waals surface area contributed by atoms with E-state index in [0.29, 0.717) is 22.8 Å². The third kappa shape index (κ3) is 5.57. The van der Waals surface area contributed by atoms with Crippen LogP contribution in [0.3, 0.4) is 0 Å². The number of benzene rings is 3. The van der Waals surface area contributed by atoms with E-state index in [1.807, 2.05) is 24.3 Å². The first-order valence-corrected chi connectivity index (χ1v) is 12.1. The summed E-state index contributed by atoms with van der Waals surface area (Å²) in [6, 6.07) is 17.6. The number of para-hydroxylation sites is 1. The first kappa shape index (κ1) is 25.4. The smallest absolute Gasteiger partial charge is 0.255 e. The highest BCUT2D eigenvalue weighted by atomic mass is 16.5. The lowest BCUT2D eigenvalue weighted by Gasteiger charge is -2.30. The number of nitrogens with one attached hydrogen (secondary N) is 1. The molecule has 0 bridgehead atoms. The summed E-state index contributed by atoms with van der Waals surface area (Å²) in [5.41, 5.74) is 4.98. The van der Waals surface area contributed by atoms with Crippen LogP contribution in [0.1, 0.15) is 33.5 Å². The molecule has 1 amide bonds. The van der Waals surface area contributed by atoms with E-state index >= 15 is 0 Å². The van der Waals surface area contributed by atoms with Crippen LogP contribution in [0, 0.1) is 0 Å². The Kier molecular flexibility index (Phi) is 8.33. The molecule has 7 nitrogen and oxygen atoms in total. The van der Waals surface area contributed by atoms with Gasteiger partial charge in [-0.25, -0.2) is 0 Å². The van der Waals surface area contributed by atoms with Crippen LogP contribution in [0.4, 0.5) is 5.69 Å². The fourth-order valence-corrected chi connectivity index (χ4v) is 4.79. The molecule has 0 radical (unpaired) electrons. The third-order valence-electron chi connectivity index (χ3n) is 6.63. The molecule has 0 fully saturated rings. The molecule has 0 spiro atoms. The van der Waals surface area contributed by atoms with Crippen molar-refractivity contribution in [3.05, 3.63) is 76.9 Å². The van der Waals surface area contributed by atoms with Crippen LogP contribution >= 0.6 is 0 Å². The van der Waals surface area contributed by atoms with Crippen LogP contribution in [0.5, 0.6) is 23.0 Å². The fourth-order valence-electron chi connectivity index (χ4n) is 4.79. The second-order valence-electron chi connectivity index (χ2n) is 8.75. The lowest BCUT2D eigenvalue weighted by atomic mass is 9.97. The summed E-state index contributed by atoms with van der Waals surface area (Å²) < 4.78 is 21.6. The molecular weight excluding hydrogens is 456 g/mol. The normalized spacial score (nSPS) is 13.0. The molecule has 3 aromatic rings. The Balaban J connectivity index is 1.42. The first-order chi connectivity index (χ1) is 17.6. The van der Waals surface area contributed by atoms with E-state index in [1.165, 1.54) is 38.0 Å². The van der Waals surface area contributed by atoms with Crippen LogP contribution in [0.15, 0.2) is 54.6 Å². The van der Waals surface area contributed by atoms with Crippen molar-refractivity contribution in [3.8, 4) is 23.0 Å². The zero-order valence-electron chi connectivity index (χ0n) is 21.4. The molecule has 190 valence electrons. The minimum atomic E-state index is -0.220. The maximum absolute atomic E-state index is 13.1. The average molecular weight is 491 g/mol. The summed E-state index contributed by atoms with van der Waals surface area (Å²) in [6.45, 7) is 2.84. The number of methoxy groups -OCH3 is 4. The van der Waals surface area contributed by atoms with E-state index in [2.05, 4.69) is 28.4 Å². The van der Waals surface area contributed by atoms with E-state index in [1.54, 1.807) is 19.2 Å². The molecule has 1 aliphatic heterocycles. The fraction of sp³-hybridized carbons (Fsp3) is 0.345. The Morgan fingerprint density at radius 3 is 2.31 bits per heavy atom. The Hall–Kier alpha value is -3.71. The van der Waals surface area contributed by atoms with Gasteiger partial charge < -0.3 is 24.3 Å². The second-order valence-corrected chi connectivity index (χ2v) is 8.75. The molecule has 1 N–H and O–H groups in total. The monoisotopic (exact) mass is 490 g/mol. The molecule has 0 saturated carbocycles. The van der Waals surface area contributed by atoms with Crippen molar-refractivity contribution in [1.29, 1.82) is 0 Å². The van der Waals surface area contributed by atoms with Gasteiger partial charge >= 0.3 is 0 Å². The van der Waals surface area contributed by atoms with E-state index in [9.17, 15) is 4.79 Å². The van der Waals surface area contributed by atoms with Crippen molar-refractivity contribution < 1.29 is 23.7 Å². The number of carbonyl (C=O) groups is 1. The van der Waals surface area contributed by atoms with Gasteiger partial charge in [0.1, 0.15) is 5.75 Å². The van der Waals surface area contributed by atoms with E-state index in [0.717, 1.165) is 50.3 Å². The van der Waals surface area contributed by atoms with Crippen LogP contribution in [0.2, 0.25) is 0 Å². The third-order valence-corrected chi connectivity index (χ3v) is 6.63. The number of nitrogens with zero attached hydrogens (tertiary/aromatic N) is 1. The summed E-state index contributed by atoms with van der Waals surface area (Å²) in [5.74, 6) is 2.08. The number of anilines is 1. The molecule has 0 aromatic heterocycles. The van der Waals surface area contributed by atoms with E-state index in [-0.39, 0.29) is 5.91 Å². The molecule has 0 aliphatic carbocycles. The Bertz CT molecular complexity index is 1190. The number of ether oxygens (including phenoxy) is 4. The Morgan fingerprint density at radius 2 is 1.61 bits per heavy atom. The maximum Gasteiger partial charge on any atom is 0.255 e. The van der Waals surface area contributed by atoms with Crippen LogP contribution < -0.4 is 24.3 Å². The van der Waals surface area contributed by atoms with Crippen molar-refractivity contribution in [2.75, 3.05) is 46.8 Å². The van der Waals surface area contributed by atoms with Gasteiger partial charge in [0.15, 0.2) is 11.5 Å². The molecule has 0 saturated heterocycles. The molecule has 7 heteroatoms. The summed E-state index contributed by atoms with van der Waals surface area (Å²) in [5, 5.41) is 3.10. The lowest BCUT2D eigenvalue weighted by Crippen LogP contribution is -2.32. The second kappa shape index (κ2) is 11.8. The minimum absolute atomic E-state index is 0.220. The number of amides is 1. The van der Waals surface area contributed by atoms with Gasteiger partial charge in [0.05, 0.1) is 28.4 Å². The van der Waals surface area contributed by atoms with Crippen molar-refractivity contribution >= 4 is 11.6 Å². The number of rotatable bonds is 10. The highest BCUT2D eigenvalue weighted by Gasteiger charge is 2.21. The predicted molar refractivity (Wildman–Crippen MR) is 141 cm³/mol. The number of hydrogen-bond acceptors (Lipinski definition) is 6. The average Bonchev–Trinajstić information content (AvgIpc) is 2.92. The number of hydrogen-bond donors (Lipinski definition) is 1. The first-order valence-electron chi connectivity index (χ1n) is 12.1. The molecular formula is C29H34N2O5. The lowest BCUT2D eigenvalue weighted by molar-refractivity contribution is 0.102. The largest absolute Gasteiger partial charge is 0.496 e. The van der Waals surface area contributed by atoms with Gasteiger partial charge in [-0.2, -0.15) is 0 Å². The van der Waals surface area contributed by atoms with Crippen molar-refractivity contribution in [1.82, 2.24) is 4.90 Å². The van der Waals surface area contributed by atoms with Gasteiger partial charge in [0, 0.05) is 24.3 Å². The van der Waals surface area contributed by atoms with Gasteiger partial charge in [0.25, 0.3) is 5.91 Å². The predicted octanol–water partition coefficient (Wildman–Crippen LogP) is 4.96. The van der Waals surface area contributed by atoms with Gasteiger partial charge in [-0.05, 0) is 66.8 Å². The zero-order chi connectivity index (χ0) is 25.5. The van der Waals surface area contributed by atoms with E-state index < -0.39 is 0 Å².